The maximum atomic E-state index is 4.36. The van der Waals surface area contributed by atoms with Gasteiger partial charge in [0.25, 0.3) is 0 Å². The number of nitrogens with zero attached hydrogens (tertiary/aromatic N) is 2. The summed E-state index contributed by atoms with van der Waals surface area (Å²) in [6, 6.07) is 0. The Morgan fingerprint density at radius 2 is 1.67 bits per heavy atom. The SMILES string of the molecule is CCNc1ncnc(NCC(C)C(C)C)c1CC. The zero-order chi connectivity index (χ0) is 13.5. The van der Waals surface area contributed by atoms with Crippen LogP contribution in [0.5, 0.6) is 0 Å². The van der Waals surface area contributed by atoms with E-state index in [0.29, 0.717) is 11.8 Å². The molecule has 0 fully saturated rings. The van der Waals surface area contributed by atoms with Crippen molar-refractivity contribution >= 4 is 11.6 Å². The molecule has 1 aromatic rings. The van der Waals surface area contributed by atoms with Crippen LogP contribution in [-0.4, -0.2) is 23.1 Å². The standard InChI is InChI=1S/C14H26N4/c1-6-12-13(15-7-2)17-9-18-14(12)16-8-11(5)10(3)4/h9-11H,6-8H2,1-5H3,(H2,15,16,17,18). The van der Waals surface area contributed by atoms with Crippen molar-refractivity contribution in [1.82, 2.24) is 9.97 Å². The largest absolute Gasteiger partial charge is 0.370 e. The molecule has 0 aliphatic rings. The van der Waals surface area contributed by atoms with Crippen LogP contribution in [0.3, 0.4) is 0 Å². The average molecular weight is 250 g/mol. The molecule has 1 heterocycles. The van der Waals surface area contributed by atoms with E-state index in [4.69, 9.17) is 0 Å². The highest BCUT2D eigenvalue weighted by Gasteiger charge is 2.11. The average Bonchev–Trinajstić information content (AvgIpc) is 2.36. The van der Waals surface area contributed by atoms with Crippen LogP contribution >= 0.6 is 0 Å². The Balaban J connectivity index is 2.78. The van der Waals surface area contributed by atoms with E-state index in [2.05, 4.69) is 55.2 Å². The summed E-state index contributed by atoms with van der Waals surface area (Å²) in [5, 5.41) is 6.74. The molecule has 4 nitrogen and oxygen atoms in total. The molecule has 1 unspecified atom stereocenters. The fourth-order valence-electron chi connectivity index (χ4n) is 1.71. The molecule has 0 spiro atoms. The minimum Gasteiger partial charge on any atom is -0.370 e. The summed E-state index contributed by atoms with van der Waals surface area (Å²) >= 11 is 0. The summed E-state index contributed by atoms with van der Waals surface area (Å²) in [6.07, 6.45) is 2.56. The number of hydrogen-bond acceptors (Lipinski definition) is 4. The van der Waals surface area contributed by atoms with Gasteiger partial charge in [0.15, 0.2) is 0 Å². The number of aromatic nitrogens is 2. The highest BCUT2D eigenvalue weighted by atomic mass is 15.1. The van der Waals surface area contributed by atoms with Gasteiger partial charge < -0.3 is 10.6 Å². The van der Waals surface area contributed by atoms with Crippen LogP contribution in [0.15, 0.2) is 6.33 Å². The van der Waals surface area contributed by atoms with Crippen LogP contribution < -0.4 is 10.6 Å². The first-order chi connectivity index (χ1) is 8.60. The molecule has 0 radical (unpaired) electrons. The monoisotopic (exact) mass is 250 g/mol. The van der Waals surface area contributed by atoms with Crippen LogP contribution in [-0.2, 0) is 6.42 Å². The molecule has 0 aliphatic carbocycles. The Hall–Kier alpha value is -1.32. The molecule has 4 heteroatoms. The Kier molecular flexibility index (Phi) is 5.89. The van der Waals surface area contributed by atoms with E-state index in [1.54, 1.807) is 6.33 Å². The fraction of sp³-hybridized carbons (Fsp3) is 0.714. The lowest BCUT2D eigenvalue weighted by molar-refractivity contribution is 0.439. The molecule has 102 valence electrons. The van der Waals surface area contributed by atoms with Crippen molar-refractivity contribution in [2.45, 2.75) is 41.0 Å². The lowest BCUT2D eigenvalue weighted by Crippen LogP contribution is -2.18. The van der Waals surface area contributed by atoms with Crippen molar-refractivity contribution in [2.24, 2.45) is 11.8 Å². The first kappa shape index (κ1) is 14.7. The predicted molar refractivity (Wildman–Crippen MR) is 78.1 cm³/mol. The Morgan fingerprint density at radius 1 is 1.06 bits per heavy atom. The fourth-order valence-corrected chi connectivity index (χ4v) is 1.71. The van der Waals surface area contributed by atoms with Gasteiger partial charge in [0.1, 0.15) is 18.0 Å². The summed E-state index contributed by atoms with van der Waals surface area (Å²) in [4.78, 5) is 8.66. The Bertz CT molecular complexity index is 363. The van der Waals surface area contributed by atoms with Gasteiger partial charge in [-0.3, -0.25) is 0 Å². The Morgan fingerprint density at radius 3 is 2.17 bits per heavy atom. The molecule has 2 N–H and O–H groups in total. The van der Waals surface area contributed by atoms with Crippen LogP contribution in [0, 0.1) is 11.8 Å². The minimum absolute atomic E-state index is 0.632. The Labute approximate surface area is 111 Å². The highest BCUT2D eigenvalue weighted by Crippen LogP contribution is 2.21. The lowest BCUT2D eigenvalue weighted by atomic mass is 9.98. The van der Waals surface area contributed by atoms with E-state index < -0.39 is 0 Å². The number of hydrogen-bond donors (Lipinski definition) is 2. The summed E-state index contributed by atoms with van der Waals surface area (Å²) in [6.45, 7) is 12.8. The molecule has 0 bridgehead atoms. The molecule has 0 aromatic carbocycles. The second-order valence-electron chi connectivity index (χ2n) is 5.04. The molecule has 0 amide bonds. The quantitative estimate of drug-likeness (QED) is 0.780. The molecule has 0 aliphatic heterocycles. The van der Waals surface area contributed by atoms with Crippen molar-refractivity contribution in [3.05, 3.63) is 11.9 Å². The van der Waals surface area contributed by atoms with Gasteiger partial charge in [-0.25, -0.2) is 9.97 Å². The van der Waals surface area contributed by atoms with Gasteiger partial charge in [0.2, 0.25) is 0 Å². The summed E-state index contributed by atoms with van der Waals surface area (Å²) < 4.78 is 0. The van der Waals surface area contributed by atoms with E-state index in [0.717, 1.165) is 31.1 Å². The molecule has 0 saturated heterocycles. The third-order valence-electron chi connectivity index (χ3n) is 3.37. The summed E-state index contributed by atoms with van der Waals surface area (Å²) in [5.41, 5.74) is 1.18. The first-order valence-electron chi connectivity index (χ1n) is 6.91. The first-order valence-corrected chi connectivity index (χ1v) is 6.91. The van der Waals surface area contributed by atoms with Crippen molar-refractivity contribution in [3.63, 3.8) is 0 Å². The number of rotatable bonds is 7. The van der Waals surface area contributed by atoms with Crippen molar-refractivity contribution < 1.29 is 0 Å². The molecular weight excluding hydrogens is 224 g/mol. The third-order valence-corrected chi connectivity index (χ3v) is 3.37. The second-order valence-corrected chi connectivity index (χ2v) is 5.04. The maximum absolute atomic E-state index is 4.36. The number of nitrogens with one attached hydrogen (secondary N) is 2. The molecular formula is C14H26N4. The maximum Gasteiger partial charge on any atom is 0.134 e. The van der Waals surface area contributed by atoms with Crippen molar-refractivity contribution in [2.75, 3.05) is 23.7 Å². The molecule has 1 rings (SSSR count). The van der Waals surface area contributed by atoms with Crippen molar-refractivity contribution in [1.29, 1.82) is 0 Å². The van der Waals surface area contributed by atoms with Gasteiger partial charge >= 0.3 is 0 Å². The van der Waals surface area contributed by atoms with E-state index in [1.165, 1.54) is 5.56 Å². The van der Waals surface area contributed by atoms with E-state index in [-0.39, 0.29) is 0 Å². The zero-order valence-corrected chi connectivity index (χ0v) is 12.2. The minimum atomic E-state index is 0.632. The molecule has 1 atom stereocenters. The van der Waals surface area contributed by atoms with E-state index in [9.17, 15) is 0 Å². The van der Waals surface area contributed by atoms with Crippen LogP contribution in [0.2, 0.25) is 0 Å². The number of anilines is 2. The van der Waals surface area contributed by atoms with Gasteiger partial charge in [-0.15, -0.1) is 0 Å². The van der Waals surface area contributed by atoms with Crippen LogP contribution in [0.25, 0.3) is 0 Å². The summed E-state index contributed by atoms with van der Waals surface area (Å²) in [5.74, 6) is 3.23. The highest BCUT2D eigenvalue weighted by molar-refractivity contribution is 5.57. The van der Waals surface area contributed by atoms with Gasteiger partial charge in [-0.2, -0.15) is 0 Å². The molecule has 1 aromatic heterocycles. The third kappa shape index (κ3) is 3.86. The summed E-state index contributed by atoms with van der Waals surface area (Å²) in [7, 11) is 0. The predicted octanol–water partition coefficient (Wildman–Crippen LogP) is 3.17. The van der Waals surface area contributed by atoms with Crippen LogP contribution in [0.4, 0.5) is 11.6 Å². The van der Waals surface area contributed by atoms with Gasteiger partial charge in [-0.1, -0.05) is 27.7 Å². The van der Waals surface area contributed by atoms with Gasteiger partial charge in [0, 0.05) is 18.7 Å². The topological polar surface area (TPSA) is 49.8 Å². The van der Waals surface area contributed by atoms with Crippen molar-refractivity contribution in [3.8, 4) is 0 Å². The smallest absolute Gasteiger partial charge is 0.134 e. The zero-order valence-electron chi connectivity index (χ0n) is 12.2. The van der Waals surface area contributed by atoms with Crippen LogP contribution in [0.1, 0.15) is 40.2 Å². The molecule has 0 saturated carbocycles. The second kappa shape index (κ2) is 7.19. The normalized spacial score (nSPS) is 12.6. The van der Waals surface area contributed by atoms with E-state index in [1.807, 2.05) is 0 Å². The van der Waals surface area contributed by atoms with E-state index >= 15 is 0 Å². The lowest BCUT2D eigenvalue weighted by Gasteiger charge is -2.18. The molecule has 18 heavy (non-hydrogen) atoms. The van der Waals surface area contributed by atoms with Gasteiger partial charge in [0.05, 0.1) is 0 Å². The van der Waals surface area contributed by atoms with Gasteiger partial charge in [-0.05, 0) is 25.2 Å².